The van der Waals surface area contributed by atoms with Gasteiger partial charge in [0, 0.05) is 16.9 Å². The molecule has 0 saturated heterocycles. The Morgan fingerprint density at radius 1 is 1.15 bits per heavy atom. The molecule has 0 radical (unpaired) electrons. The molecule has 0 atom stereocenters. The van der Waals surface area contributed by atoms with Crippen LogP contribution in [0.1, 0.15) is 35.5 Å². The van der Waals surface area contributed by atoms with Crippen LogP contribution in [0.25, 0.3) is 0 Å². The number of hydrogen-bond donors (Lipinski definition) is 2. The van der Waals surface area contributed by atoms with Gasteiger partial charge in [0.2, 0.25) is 0 Å². The van der Waals surface area contributed by atoms with E-state index < -0.39 is 5.97 Å². The molecule has 104 valence electrons. The van der Waals surface area contributed by atoms with Gasteiger partial charge in [0.05, 0.1) is 5.56 Å². The molecule has 0 spiro atoms. The Hall–Kier alpha value is -2.43. The summed E-state index contributed by atoms with van der Waals surface area (Å²) in [6.07, 6.45) is 3.25. The minimum Gasteiger partial charge on any atom is -0.478 e. The van der Waals surface area contributed by atoms with Gasteiger partial charge in [-0.2, -0.15) is 0 Å². The van der Waals surface area contributed by atoms with Crippen LogP contribution in [0.4, 0.5) is 11.5 Å². The van der Waals surface area contributed by atoms with E-state index in [9.17, 15) is 4.79 Å². The van der Waals surface area contributed by atoms with Gasteiger partial charge in [-0.25, -0.2) is 14.8 Å². The van der Waals surface area contributed by atoms with E-state index in [2.05, 4.69) is 29.1 Å². The zero-order valence-corrected chi connectivity index (χ0v) is 11.6. The molecule has 0 aliphatic rings. The highest BCUT2D eigenvalue weighted by atomic mass is 16.4. The van der Waals surface area contributed by atoms with Crippen LogP contribution >= 0.6 is 0 Å². The van der Waals surface area contributed by atoms with Crippen LogP contribution in [0.15, 0.2) is 30.6 Å². The van der Waals surface area contributed by atoms with Gasteiger partial charge in [0.15, 0.2) is 0 Å². The average molecular weight is 271 g/mol. The van der Waals surface area contributed by atoms with Gasteiger partial charge in [0.1, 0.15) is 12.1 Å². The van der Waals surface area contributed by atoms with E-state index in [1.165, 1.54) is 0 Å². The minimum absolute atomic E-state index is 0.267. The van der Waals surface area contributed by atoms with E-state index in [-0.39, 0.29) is 5.56 Å². The maximum Gasteiger partial charge on any atom is 0.335 e. The van der Waals surface area contributed by atoms with Crippen LogP contribution in [0.3, 0.4) is 0 Å². The second-order valence-corrected chi connectivity index (χ2v) is 4.36. The molecule has 1 aromatic heterocycles. The van der Waals surface area contributed by atoms with Gasteiger partial charge in [-0.3, -0.25) is 0 Å². The highest BCUT2D eigenvalue weighted by Crippen LogP contribution is 2.21. The molecule has 0 fully saturated rings. The topological polar surface area (TPSA) is 75.1 Å². The first-order valence-electron chi connectivity index (χ1n) is 6.58. The molecule has 5 heteroatoms. The molecule has 2 N–H and O–H groups in total. The van der Waals surface area contributed by atoms with E-state index in [0.29, 0.717) is 0 Å². The summed E-state index contributed by atoms with van der Waals surface area (Å²) in [6, 6.07) is 6.60. The molecule has 1 heterocycles. The third-order valence-corrected chi connectivity index (χ3v) is 3.12. The molecular formula is C15H17N3O2. The normalized spacial score (nSPS) is 10.3. The third-order valence-electron chi connectivity index (χ3n) is 3.12. The van der Waals surface area contributed by atoms with Crippen LogP contribution in [-0.4, -0.2) is 21.0 Å². The fourth-order valence-corrected chi connectivity index (χ4v) is 2.07. The quantitative estimate of drug-likeness (QED) is 0.874. The highest BCUT2D eigenvalue weighted by molar-refractivity contribution is 5.88. The van der Waals surface area contributed by atoms with Crippen molar-refractivity contribution in [3.8, 4) is 0 Å². The first-order chi connectivity index (χ1) is 9.65. The first-order valence-corrected chi connectivity index (χ1v) is 6.58. The minimum atomic E-state index is -0.930. The largest absolute Gasteiger partial charge is 0.478 e. The van der Waals surface area contributed by atoms with E-state index >= 15 is 0 Å². The van der Waals surface area contributed by atoms with Crippen LogP contribution in [0.5, 0.6) is 0 Å². The molecule has 2 rings (SSSR count). The summed E-state index contributed by atoms with van der Waals surface area (Å²) in [5.74, 6) is -0.150. The van der Waals surface area contributed by atoms with Gasteiger partial charge in [-0.1, -0.05) is 13.8 Å². The van der Waals surface area contributed by atoms with Gasteiger partial charge < -0.3 is 10.4 Å². The summed E-state index contributed by atoms with van der Waals surface area (Å²) >= 11 is 0. The second kappa shape index (κ2) is 6.14. The maximum atomic E-state index is 10.8. The molecule has 0 unspecified atom stereocenters. The zero-order chi connectivity index (χ0) is 14.5. The average Bonchev–Trinajstić information content (AvgIpc) is 2.47. The molecule has 0 aliphatic heterocycles. The number of nitrogens with zero attached hydrogens (tertiary/aromatic N) is 2. The van der Waals surface area contributed by atoms with Crippen LogP contribution in [0, 0.1) is 0 Å². The lowest BCUT2D eigenvalue weighted by Crippen LogP contribution is -2.04. The number of aromatic nitrogens is 2. The summed E-state index contributed by atoms with van der Waals surface area (Å²) < 4.78 is 0. The zero-order valence-electron chi connectivity index (χ0n) is 11.6. The number of benzene rings is 1. The van der Waals surface area contributed by atoms with E-state index in [4.69, 9.17) is 5.11 Å². The van der Waals surface area contributed by atoms with Crippen molar-refractivity contribution in [1.29, 1.82) is 0 Å². The third kappa shape index (κ3) is 2.93. The molecule has 1 aromatic carbocycles. The first kappa shape index (κ1) is 14.0. The van der Waals surface area contributed by atoms with E-state index in [1.807, 2.05) is 0 Å². The van der Waals surface area contributed by atoms with Crippen molar-refractivity contribution in [1.82, 2.24) is 9.97 Å². The predicted molar refractivity (Wildman–Crippen MR) is 77.5 cm³/mol. The fourth-order valence-electron chi connectivity index (χ4n) is 2.07. The van der Waals surface area contributed by atoms with Gasteiger partial charge in [0.25, 0.3) is 0 Å². The number of carboxylic acids is 1. The van der Waals surface area contributed by atoms with Gasteiger partial charge in [-0.05, 0) is 37.1 Å². The van der Waals surface area contributed by atoms with Gasteiger partial charge >= 0.3 is 5.97 Å². The van der Waals surface area contributed by atoms with Crippen molar-refractivity contribution in [2.45, 2.75) is 26.7 Å². The van der Waals surface area contributed by atoms with Crippen molar-refractivity contribution >= 4 is 17.5 Å². The summed E-state index contributed by atoms with van der Waals surface area (Å²) in [5, 5.41) is 12.1. The Morgan fingerprint density at radius 3 is 2.40 bits per heavy atom. The summed E-state index contributed by atoms with van der Waals surface area (Å²) in [6.45, 7) is 4.13. The van der Waals surface area contributed by atoms with E-state index in [0.717, 1.165) is 35.6 Å². The number of carbonyl (C=O) groups is 1. The van der Waals surface area contributed by atoms with Crippen LogP contribution in [0.2, 0.25) is 0 Å². The van der Waals surface area contributed by atoms with Crippen LogP contribution in [-0.2, 0) is 12.8 Å². The Labute approximate surface area is 117 Å². The predicted octanol–water partition coefficient (Wildman–Crippen LogP) is 3.04. The molecule has 20 heavy (non-hydrogen) atoms. The number of hydrogen-bond acceptors (Lipinski definition) is 4. The summed E-state index contributed by atoms with van der Waals surface area (Å²) in [4.78, 5) is 19.4. The molecule has 2 aromatic rings. The number of anilines is 2. The van der Waals surface area contributed by atoms with Crippen molar-refractivity contribution < 1.29 is 9.90 Å². The number of aromatic carboxylic acids is 1. The Bertz CT molecular complexity index is 609. The number of nitrogens with one attached hydrogen (secondary N) is 1. The smallest absolute Gasteiger partial charge is 0.335 e. The van der Waals surface area contributed by atoms with Crippen molar-refractivity contribution in [2.75, 3.05) is 5.32 Å². The SMILES string of the molecule is CCc1ncnc(Nc2ccc(C(=O)O)cc2)c1CC. The molecule has 0 saturated carbocycles. The molecular weight excluding hydrogens is 254 g/mol. The number of carboxylic acid groups (broad SMARTS) is 1. The number of rotatable bonds is 5. The number of aryl methyl sites for hydroxylation is 1. The maximum absolute atomic E-state index is 10.8. The van der Waals surface area contributed by atoms with Gasteiger partial charge in [-0.15, -0.1) is 0 Å². The molecule has 0 aliphatic carbocycles. The lowest BCUT2D eigenvalue weighted by atomic mass is 10.1. The Morgan fingerprint density at radius 2 is 1.85 bits per heavy atom. The fraction of sp³-hybridized carbons (Fsp3) is 0.267. The lowest BCUT2D eigenvalue weighted by molar-refractivity contribution is 0.0697. The van der Waals surface area contributed by atoms with Crippen LogP contribution < -0.4 is 5.32 Å². The van der Waals surface area contributed by atoms with Crippen molar-refractivity contribution in [2.24, 2.45) is 0 Å². The molecule has 5 nitrogen and oxygen atoms in total. The molecule has 0 bridgehead atoms. The second-order valence-electron chi connectivity index (χ2n) is 4.36. The molecule has 0 amide bonds. The summed E-state index contributed by atoms with van der Waals surface area (Å²) in [7, 11) is 0. The lowest BCUT2D eigenvalue weighted by Gasteiger charge is -2.12. The Kier molecular flexibility index (Phi) is 4.30. The standard InChI is InChI=1S/C15H17N3O2/c1-3-12-13(4-2)16-9-17-14(12)18-11-7-5-10(6-8-11)15(19)20/h5-9H,3-4H2,1-2H3,(H,19,20)(H,16,17,18). The monoisotopic (exact) mass is 271 g/mol. The van der Waals surface area contributed by atoms with Crippen molar-refractivity contribution in [3.05, 3.63) is 47.4 Å². The highest BCUT2D eigenvalue weighted by Gasteiger charge is 2.09. The van der Waals surface area contributed by atoms with E-state index in [1.54, 1.807) is 30.6 Å². The summed E-state index contributed by atoms with van der Waals surface area (Å²) in [5.41, 5.74) is 3.21. The Balaban J connectivity index is 2.27. The van der Waals surface area contributed by atoms with Crippen molar-refractivity contribution in [3.63, 3.8) is 0 Å².